The van der Waals surface area contributed by atoms with Crippen LogP contribution in [0.15, 0.2) is 24.3 Å². The molecule has 21 heavy (non-hydrogen) atoms. The van der Waals surface area contributed by atoms with Gasteiger partial charge in [0.25, 0.3) is 5.91 Å². The number of carbonyl (C=O) groups excluding carboxylic acids is 1. The number of amides is 1. The van der Waals surface area contributed by atoms with Crippen LogP contribution in [0.4, 0.5) is 0 Å². The van der Waals surface area contributed by atoms with Gasteiger partial charge >= 0.3 is 5.97 Å². The minimum atomic E-state index is -3.39. The number of benzene rings is 1. The van der Waals surface area contributed by atoms with Gasteiger partial charge in [0.2, 0.25) is 10.0 Å². The van der Waals surface area contributed by atoms with E-state index in [4.69, 9.17) is 5.11 Å². The van der Waals surface area contributed by atoms with Gasteiger partial charge in [0.15, 0.2) is 0 Å². The molecule has 3 N–H and O–H groups in total. The first-order valence-electron chi connectivity index (χ1n) is 6.11. The van der Waals surface area contributed by atoms with Crippen molar-refractivity contribution in [2.24, 2.45) is 0 Å². The summed E-state index contributed by atoms with van der Waals surface area (Å²) in [5, 5.41) is 11.4. The molecule has 0 saturated heterocycles. The van der Waals surface area contributed by atoms with E-state index in [0.29, 0.717) is 0 Å². The lowest BCUT2D eigenvalue weighted by Crippen LogP contribution is -2.51. The lowest BCUT2D eigenvalue weighted by Gasteiger charge is -2.25. The van der Waals surface area contributed by atoms with Crippen LogP contribution in [0.3, 0.4) is 0 Å². The highest BCUT2D eigenvalue weighted by molar-refractivity contribution is 7.88. The van der Waals surface area contributed by atoms with E-state index in [0.717, 1.165) is 6.26 Å². The third-order valence-corrected chi connectivity index (χ3v) is 3.45. The summed E-state index contributed by atoms with van der Waals surface area (Å²) in [5.41, 5.74) is -0.644. The van der Waals surface area contributed by atoms with Gasteiger partial charge in [-0.1, -0.05) is 6.07 Å². The first-order chi connectivity index (χ1) is 9.50. The predicted octanol–water partition coefficient (Wildman–Crippen LogP) is 0.442. The van der Waals surface area contributed by atoms with Crippen LogP contribution >= 0.6 is 0 Å². The number of nitrogens with one attached hydrogen (secondary N) is 2. The molecule has 0 unspecified atom stereocenters. The summed E-state index contributed by atoms with van der Waals surface area (Å²) >= 11 is 0. The van der Waals surface area contributed by atoms with Crippen molar-refractivity contribution in [3.63, 3.8) is 0 Å². The summed E-state index contributed by atoms with van der Waals surface area (Å²) in [7, 11) is -3.39. The number of hydrogen-bond acceptors (Lipinski definition) is 4. The van der Waals surface area contributed by atoms with Gasteiger partial charge in [-0.05, 0) is 32.0 Å². The zero-order valence-electron chi connectivity index (χ0n) is 12.0. The summed E-state index contributed by atoms with van der Waals surface area (Å²) in [6.07, 6.45) is 1.03. The molecule has 0 radical (unpaired) electrons. The van der Waals surface area contributed by atoms with Crippen molar-refractivity contribution < 1.29 is 23.1 Å². The van der Waals surface area contributed by atoms with Crippen LogP contribution in [0.1, 0.15) is 34.6 Å². The first kappa shape index (κ1) is 17.1. The highest BCUT2D eigenvalue weighted by Crippen LogP contribution is 2.07. The molecule has 1 aromatic rings. The molecule has 8 heteroatoms. The molecule has 0 saturated carbocycles. The number of carbonyl (C=O) groups is 2. The average molecular weight is 314 g/mol. The van der Waals surface area contributed by atoms with E-state index in [1.54, 1.807) is 13.8 Å². The Hall–Kier alpha value is -1.93. The Morgan fingerprint density at radius 3 is 2.33 bits per heavy atom. The van der Waals surface area contributed by atoms with Crippen LogP contribution in [0.5, 0.6) is 0 Å². The van der Waals surface area contributed by atoms with Gasteiger partial charge in [-0.3, -0.25) is 4.79 Å². The van der Waals surface area contributed by atoms with E-state index in [-0.39, 0.29) is 17.7 Å². The molecule has 0 bridgehead atoms. The normalized spacial score (nSPS) is 12.0. The summed E-state index contributed by atoms with van der Waals surface area (Å²) in [4.78, 5) is 22.8. The topological polar surface area (TPSA) is 113 Å². The van der Waals surface area contributed by atoms with Crippen LogP contribution in [0, 0.1) is 0 Å². The van der Waals surface area contributed by atoms with Gasteiger partial charge in [-0.25, -0.2) is 17.9 Å². The molecule has 0 aromatic heterocycles. The zero-order chi connectivity index (χ0) is 16.3. The van der Waals surface area contributed by atoms with Crippen LogP contribution in [-0.2, 0) is 10.0 Å². The maximum atomic E-state index is 12.0. The molecule has 0 atom stereocenters. The average Bonchev–Trinajstić information content (AvgIpc) is 2.33. The maximum Gasteiger partial charge on any atom is 0.335 e. The number of rotatable bonds is 6. The molecule has 116 valence electrons. The summed E-state index contributed by atoms with van der Waals surface area (Å²) in [6, 6.07) is 5.60. The lowest BCUT2D eigenvalue weighted by atomic mass is 10.1. The largest absolute Gasteiger partial charge is 0.478 e. The van der Waals surface area contributed by atoms with Gasteiger partial charge in [-0.2, -0.15) is 0 Å². The quantitative estimate of drug-likeness (QED) is 0.705. The SMILES string of the molecule is CC(C)(CNC(=O)c1cccc(C(=O)O)c1)NS(C)(=O)=O. The minimum absolute atomic E-state index is 0.0103. The fraction of sp³-hybridized carbons (Fsp3) is 0.385. The molecule has 1 rings (SSSR count). The maximum absolute atomic E-state index is 12.0. The first-order valence-corrected chi connectivity index (χ1v) is 8.00. The minimum Gasteiger partial charge on any atom is -0.478 e. The fourth-order valence-corrected chi connectivity index (χ4v) is 2.81. The highest BCUT2D eigenvalue weighted by Gasteiger charge is 2.23. The Bertz CT molecular complexity index is 652. The van der Waals surface area contributed by atoms with E-state index < -0.39 is 27.4 Å². The molecular weight excluding hydrogens is 296 g/mol. The van der Waals surface area contributed by atoms with Gasteiger partial charge in [0.1, 0.15) is 0 Å². The molecule has 1 amide bonds. The van der Waals surface area contributed by atoms with Crippen molar-refractivity contribution >= 4 is 21.9 Å². The molecule has 0 aliphatic carbocycles. The van der Waals surface area contributed by atoms with E-state index in [9.17, 15) is 18.0 Å². The molecule has 1 aromatic carbocycles. The van der Waals surface area contributed by atoms with Crippen molar-refractivity contribution in [1.29, 1.82) is 0 Å². The number of carboxylic acid groups (broad SMARTS) is 1. The van der Waals surface area contributed by atoms with Crippen molar-refractivity contribution in [3.05, 3.63) is 35.4 Å². The van der Waals surface area contributed by atoms with Crippen molar-refractivity contribution in [2.75, 3.05) is 12.8 Å². The molecule has 7 nitrogen and oxygen atoms in total. The Labute approximate surface area is 123 Å². The third kappa shape index (κ3) is 5.92. The molecule has 0 spiro atoms. The van der Waals surface area contributed by atoms with E-state index >= 15 is 0 Å². The van der Waals surface area contributed by atoms with E-state index in [1.165, 1.54) is 24.3 Å². The van der Waals surface area contributed by atoms with Crippen molar-refractivity contribution in [3.8, 4) is 0 Å². The monoisotopic (exact) mass is 314 g/mol. The van der Waals surface area contributed by atoms with Gasteiger partial charge in [0, 0.05) is 17.6 Å². The second-order valence-electron chi connectivity index (χ2n) is 5.33. The lowest BCUT2D eigenvalue weighted by molar-refractivity contribution is 0.0697. The molecule has 0 heterocycles. The van der Waals surface area contributed by atoms with Gasteiger partial charge < -0.3 is 10.4 Å². The van der Waals surface area contributed by atoms with Gasteiger partial charge in [0.05, 0.1) is 11.8 Å². The van der Waals surface area contributed by atoms with Gasteiger partial charge in [-0.15, -0.1) is 0 Å². The number of sulfonamides is 1. The van der Waals surface area contributed by atoms with Crippen molar-refractivity contribution in [2.45, 2.75) is 19.4 Å². The number of hydrogen-bond donors (Lipinski definition) is 3. The second-order valence-corrected chi connectivity index (χ2v) is 7.08. The van der Waals surface area contributed by atoms with Crippen LogP contribution in [-0.4, -0.2) is 43.7 Å². The summed E-state index contributed by atoms with van der Waals surface area (Å²) in [6.45, 7) is 3.32. The van der Waals surface area contributed by atoms with Crippen LogP contribution < -0.4 is 10.0 Å². The van der Waals surface area contributed by atoms with Crippen LogP contribution in [0.25, 0.3) is 0 Å². The molecular formula is C13H18N2O5S. The predicted molar refractivity (Wildman–Crippen MR) is 77.8 cm³/mol. The number of carboxylic acids is 1. The van der Waals surface area contributed by atoms with E-state index in [2.05, 4.69) is 10.0 Å². The summed E-state index contributed by atoms with van der Waals surface area (Å²) in [5.74, 6) is -1.59. The standard InChI is InChI=1S/C13H18N2O5S/c1-13(2,15-21(3,19)20)8-14-11(16)9-5-4-6-10(7-9)12(17)18/h4-7,15H,8H2,1-3H3,(H,14,16)(H,17,18). The fourth-order valence-electron chi connectivity index (χ4n) is 1.73. The Balaban J connectivity index is 2.74. The zero-order valence-corrected chi connectivity index (χ0v) is 12.8. The Morgan fingerprint density at radius 1 is 1.24 bits per heavy atom. The Morgan fingerprint density at radius 2 is 1.81 bits per heavy atom. The van der Waals surface area contributed by atoms with E-state index in [1.807, 2.05) is 0 Å². The third-order valence-electron chi connectivity index (χ3n) is 2.52. The molecule has 0 aliphatic heterocycles. The molecule has 0 aliphatic rings. The number of aromatic carboxylic acids is 1. The second kappa shape index (κ2) is 6.23. The summed E-state index contributed by atoms with van der Waals surface area (Å²) < 4.78 is 24.8. The smallest absolute Gasteiger partial charge is 0.335 e. The van der Waals surface area contributed by atoms with Crippen molar-refractivity contribution in [1.82, 2.24) is 10.0 Å². The Kier molecular flexibility index (Phi) is 5.08. The highest BCUT2D eigenvalue weighted by atomic mass is 32.2. The molecule has 0 fully saturated rings. The van der Waals surface area contributed by atoms with Crippen LogP contribution in [0.2, 0.25) is 0 Å².